The molecular formula is C16H22N2O4S. The molecule has 2 rings (SSSR count). The zero-order valence-electron chi connectivity index (χ0n) is 13.2. The second-order valence-corrected chi connectivity index (χ2v) is 7.44. The summed E-state index contributed by atoms with van der Waals surface area (Å²) in [6.07, 6.45) is 3.45. The fourth-order valence-corrected chi connectivity index (χ4v) is 3.56. The molecule has 0 radical (unpaired) electrons. The van der Waals surface area contributed by atoms with Crippen molar-refractivity contribution < 1.29 is 18.0 Å². The number of carbonyl (C=O) groups is 2. The van der Waals surface area contributed by atoms with Crippen molar-refractivity contribution in [3.63, 3.8) is 0 Å². The van der Waals surface area contributed by atoms with Crippen LogP contribution in [-0.2, 0) is 14.8 Å². The van der Waals surface area contributed by atoms with E-state index in [0.29, 0.717) is 25.1 Å². The molecule has 1 heterocycles. The summed E-state index contributed by atoms with van der Waals surface area (Å²) in [6, 6.07) is 5.82. The first-order chi connectivity index (χ1) is 10.9. The van der Waals surface area contributed by atoms with Gasteiger partial charge < -0.3 is 4.90 Å². The van der Waals surface area contributed by atoms with Crippen molar-refractivity contribution in [1.82, 2.24) is 9.62 Å². The summed E-state index contributed by atoms with van der Waals surface area (Å²) in [6.45, 7) is 2.68. The number of hydrogen-bond donors (Lipinski definition) is 1. The van der Waals surface area contributed by atoms with E-state index in [4.69, 9.17) is 0 Å². The van der Waals surface area contributed by atoms with Crippen molar-refractivity contribution in [1.29, 1.82) is 0 Å². The summed E-state index contributed by atoms with van der Waals surface area (Å²) < 4.78 is 26.9. The van der Waals surface area contributed by atoms with Gasteiger partial charge in [-0.25, -0.2) is 13.1 Å². The lowest BCUT2D eigenvalue weighted by molar-refractivity contribution is -0.130. The number of Topliss-reactive ketones (excluding diaryl/α,β-unsaturated/α-hetero) is 1. The molecule has 126 valence electrons. The predicted octanol–water partition coefficient (Wildman–Crippen LogP) is 1.57. The van der Waals surface area contributed by atoms with Crippen LogP contribution in [0.4, 0.5) is 0 Å². The predicted molar refractivity (Wildman–Crippen MR) is 86.7 cm³/mol. The maximum Gasteiger partial charge on any atom is 0.240 e. The van der Waals surface area contributed by atoms with Crippen LogP contribution in [0.25, 0.3) is 0 Å². The highest BCUT2D eigenvalue weighted by Crippen LogP contribution is 2.12. The number of likely N-dealkylation sites (tertiary alicyclic amines) is 1. The maximum absolute atomic E-state index is 12.2. The standard InChI is InChI=1S/C16H22N2O4S/c1-13(19)14-6-8-15(9-7-14)23(21,22)17-10-12-18-11-4-2-3-5-16(18)20/h6-9,17H,2-5,10-12H2,1H3. The van der Waals surface area contributed by atoms with Crippen molar-refractivity contribution in [3.8, 4) is 0 Å². The van der Waals surface area contributed by atoms with E-state index in [2.05, 4.69) is 4.72 Å². The summed E-state index contributed by atoms with van der Waals surface area (Å²) in [5, 5.41) is 0. The smallest absolute Gasteiger partial charge is 0.240 e. The van der Waals surface area contributed by atoms with Gasteiger partial charge in [0, 0.05) is 31.6 Å². The van der Waals surface area contributed by atoms with Crippen molar-refractivity contribution in [2.24, 2.45) is 0 Å². The Morgan fingerprint density at radius 2 is 1.87 bits per heavy atom. The Bertz CT molecular complexity index is 668. The van der Waals surface area contributed by atoms with Crippen molar-refractivity contribution in [2.75, 3.05) is 19.6 Å². The third-order valence-corrected chi connectivity index (χ3v) is 5.39. The Hall–Kier alpha value is -1.73. The van der Waals surface area contributed by atoms with Gasteiger partial charge in [0.05, 0.1) is 4.90 Å². The maximum atomic E-state index is 12.2. The molecule has 1 aliphatic rings. The average molecular weight is 338 g/mol. The van der Waals surface area contributed by atoms with Gasteiger partial charge in [0.15, 0.2) is 5.78 Å². The number of ketones is 1. The number of benzene rings is 1. The number of amides is 1. The van der Waals surface area contributed by atoms with Gasteiger partial charge in [-0.1, -0.05) is 18.6 Å². The van der Waals surface area contributed by atoms with Gasteiger partial charge >= 0.3 is 0 Å². The van der Waals surface area contributed by atoms with E-state index in [1.54, 1.807) is 4.90 Å². The van der Waals surface area contributed by atoms with E-state index in [9.17, 15) is 18.0 Å². The SMILES string of the molecule is CC(=O)c1ccc(S(=O)(=O)NCCN2CCCCCC2=O)cc1. The van der Waals surface area contributed by atoms with E-state index >= 15 is 0 Å². The van der Waals surface area contributed by atoms with E-state index in [1.807, 2.05) is 0 Å². The molecule has 7 heteroatoms. The number of nitrogens with one attached hydrogen (secondary N) is 1. The Kier molecular flexibility index (Phi) is 5.90. The van der Waals surface area contributed by atoms with E-state index in [-0.39, 0.29) is 23.1 Å². The first-order valence-corrected chi connectivity index (χ1v) is 9.27. The Morgan fingerprint density at radius 1 is 1.17 bits per heavy atom. The first kappa shape index (κ1) is 17.6. The van der Waals surface area contributed by atoms with Gasteiger partial charge in [-0.15, -0.1) is 0 Å². The third kappa shape index (κ3) is 4.87. The minimum absolute atomic E-state index is 0.0903. The fraction of sp³-hybridized carbons (Fsp3) is 0.500. The summed E-state index contributed by atoms with van der Waals surface area (Å²) >= 11 is 0. The Labute approximate surface area is 136 Å². The van der Waals surface area contributed by atoms with Gasteiger partial charge in [-0.05, 0) is 31.9 Å². The molecule has 0 saturated carbocycles. The number of hydrogen-bond acceptors (Lipinski definition) is 4. The molecule has 1 fully saturated rings. The largest absolute Gasteiger partial charge is 0.341 e. The van der Waals surface area contributed by atoms with Crippen molar-refractivity contribution >= 4 is 21.7 Å². The summed E-state index contributed by atoms with van der Waals surface area (Å²) in [7, 11) is -3.63. The Morgan fingerprint density at radius 3 is 2.52 bits per heavy atom. The number of rotatable bonds is 6. The van der Waals surface area contributed by atoms with Crippen LogP contribution >= 0.6 is 0 Å². The monoisotopic (exact) mass is 338 g/mol. The van der Waals surface area contributed by atoms with Gasteiger partial charge in [0.25, 0.3) is 0 Å². The van der Waals surface area contributed by atoms with E-state index in [1.165, 1.54) is 31.2 Å². The van der Waals surface area contributed by atoms with Gasteiger partial charge in [-0.3, -0.25) is 9.59 Å². The van der Waals surface area contributed by atoms with E-state index < -0.39 is 10.0 Å². The number of sulfonamides is 1. The van der Waals surface area contributed by atoms with Crippen LogP contribution in [0.3, 0.4) is 0 Å². The van der Waals surface area contributed by atoms with Crippen LogP contribution in [0.1, 0.15) is 43.0 Å². The third-order valence-electron chi connectivity index (χ3n) is 3.92. The molecule has 0 aliphatic carbocycles. The lowest BCUT2D eigenvalue weighted by atomic mass is 10.2. The molecule has 1 saturated heterocycles. The average Bonchev–Trinajstić information content (AvgIpc) is 2.72. The summed E-state index contributed by atoms with van der Waals surface area (Å²) in [5.41, 5.74) is 0.471. The molecule has 6 nitrogen and oxygen atoms in total. The molecule has 0 unspecified atom stereocenters. The summed E-state index contributed by atoms with van der Waals surface area (Å²) in [5.74, 6) is -0.0194. The molecule has 0 aromatic heterocycles. The molecule has 0 bridgehead atoms. The molecular weight excluding hydrogens is 316 g/mol. The molecule has 1 aromatic carbocycles. The highest BCUT2D eigenvalue weighted by atomic mass is 32.2. The van der Waals surface area contributed by atoms with Gasteiger partial charge in [0.1, 0.15) is 0 Å². The number of nitrogens with zero attached hydrogens (tertiary/aromatic N) is 1. The molecule has 0 spiro atoms. The molecule has 1 N–H and O–H groups in total. The van der Waals surface area contributed by atoms with Crippen LogP contribution in [0.5, 0.6) is 0 Å². The van der Waals surface area contributed by atoms with Crippen LogP contribution in [0.2, 0.25) is 0 Å². The van der Waals surface area contributed by atoms with Crippen molar-refractivity contribution in [3.05, 3.63) is 29.8 Å². The summed E-state index contributed by atoms with van der Waals surface area (Å²) in [4.78, 5) is 24.9. The zero-order chi connectivity index (χ0) is 16.9. The Balaban J connectivity index is 1.93. The molecule has 23 heavy (non-hydrogen) atoms. The quantitative estimate of drug-likeness (QED) is 0.798. The lowest BCUT2D eigenvalue weighted by Crippen LogP contribution is -2.38. The van der Waals surface area contributed by atoms with Crippen LogP contribution < -0.4 is 4.72 Å². The van der Waals surface area contributed by atoms with Crippen LogP contribution in [0, 0.1) is 0 Å². The molecule has 1 amide bonds. The fourth-order valence-electron chi connectivity index (χ4n) is 2.54. The minimum Gasteiger partial charge on any atom is -0.341 e. The zero-order valence-corrected chi connectivity index (χ0v) is 14.1. The van der Waals surface area contributed by atoms with E-state index in [0.717, 1.165) is 19.3 Å². The highest BCUT2D eigenvalue weighted by Gasteiger charge is 2.18. The number of carbonyl (C=O) groups excluding carboxylic acids is 2. The van der Waals surface area contributed by atoms with Gasteiger partial charge in [-0.2, -0.15) is 0 Å². The first-order valence-electron chi connectivity index (χ1n) is 7.78. The molecule has 0 atom stereocenters. The molecule has 1 aromatic rings. The second kappa shape index (κ2) is 7.70. The normalized spacial score (nSPS) is 16.2. The van der Waals surface area contributed by atoms with Gasteiger partial charge in [0.2, 0.25) is 15.9 Å². The minimum atomic E-state index is -3.63. The van der Waals surface area contributed by atoms with Crippen LogP contribution in [0.15, 0.2) is 29.2 Å². The second-order valence-electron chi connectivity index (χ2n) is 5.67. The lowest BCUT2D eigenvalue weighted by Gasteiger charge is -2.20. The topological polar surface area (TPSA) is 83.6 Å². The molecule has 1 aliphatic heterocycles. The van der Waals surface area contributed by atoms with Crippen molar-refractivity contribution in [2.45, 2.75) is 37.5 Å². The van der Waals surface area contributed by atoms with Crippen LogP contribution in [-0.4, -0.2) is 44.6 Å². The highest BCUT2D eigenvalue weighted by molar-refractivity contribution is 7.89.